The first kappa shape index (κ1) is 17.0. The highest BCUT2D eigenvalue weighted by atomic mass is 19.4. The van der Waals surface area contributed by atoms with Gasteiger partial charge < -0.3 is 5.32 Å². The van der Waals surface area contributed by atoms with E-state index in [0.717, 1.165) is 17.7 Å². The van der Waals surface area contributed by atoms with Gasteiger partial charge in [-0.15, -0.1) is 0 Å². The number of nitrogens with one attached hydrogen (secondary N) is 1. The van der Waals surface area contributed by atoms with Crippen LogP contribution in [0.1, 0.15) is 21.5 Å². The maximum atomic E-state index is 12.9. The van der Waals surface area contributed by atoms with Crippen molar-refractivity contribution in [3.05, 3.63) is 65.2 Å². The maximum Gasteiger partial charge on any atom is 0.416 e. The Labute approximate surface area is 142 Å². The van der Waals surface area contributed by atoms with E-state index in [-0.39, 0.29) is 11.5 Å². The van der Waals surface area contributed by atoms with Crippen LogP contribution in [0.5, 0.6) is 0 Å². The summed E-state index contributed by atoms with van der Waals surface area (Å²) in [5.74, 6) is -0.999. The average Bonchev–Trinajstić information content (AvgIpc) is 2.99. The monoisotopic (exact) mass is 348 g/mol. The van der Waals surface area contributed by atoms with Gasteiger partial charge in [0.2, 0.25) is 5.91 Å². The van der Waals surface area contributed by atoms with E-state index in [1.807, 2.05) is 0 Å². The molecule has 1 heterocycles. The van der Waals surface area contributed by atoms with Crippen molar-refractivity contribution in [2.75, 3.05) is 11.9 Å². The zero-order valence-corrected chi connectivity index (χ0v) is 13.3. The number of benzene rings is 2. The van der Waals surface area contributed by atoms with Crippen LogP contribution in [0.15, 0.2) is 48.5 Å². The zero-order chi connectivity index (χ0) is 18.2. The number of alkyl halides is 3. The molecule has 0 saturated carbocycles. The summed E-state index contributed by atoms with van der Waals surface area (Å²) in [7, 11) is 1.46. The molecule has 130 valence electrons. The maximum absolute atomic E-state index is 12.9. The first-order chi connectivity index (χ1) is 11.8. The average molecular weight is 348 g/mol. The molecule has 1 N–H and O–H groups in total. The molecule has 0 aliphatic carbocycles. The Morgan fingerprint density at radius 1 is 1.12 bits per heavy atom. The van der Waals surface area contributed by atoms with Crippen molar-refractivity contribution in [2.45, 2.75) is 18.6 Å². The van der Waals surface area contributed by atoms with Gasteiger partial charge in [0.05, 0.1) is 5.56 Å². The molecular formula is C18H15F3N2O2. The van der Waals surface area contributed by atoms with Crippen LogP contribution in [0.4, 0.5) is 18.9 Å². The fourth-order valence-corrected chi connectivity index (χ4v) is 2.98. The minimum absolute atomic E-state index is 0.111. The number of likely N-dealkylation sites (N-methyl/N-ethyl adjacent to an activating group) is 1. The fraction of sp³-hybridized carbons (Fsp3) is 0.222. The Morgan fingerprint density at radius 3 is 2.52 bits per heavy atom. The molecule has 0 aromatic heterocycles. The molecule has 2 aromatic carbocycles. The Balaban J connectivity index is 2.03. The van der Waals surface area contributed by atoms with E-state index in [0.29, 0.717) is 12.1 Å². The zero-order valence-electron chi connectivity index (χ0n) is 13.3. The lowest BCUT2D eigenvalue weighted by atomic mass is 10.1. The summed E-state index contributed by atoms with van der Waals surface area (Å²) in [4.78, 5) is 26.3. The van der Waals surface area contributed by atoms with Gasteiger partial charge in [-0.1, -0.05) is 24.3 Å². The summed E-state index contributed by atoms with van der Waals surface area (Å²) in [6, 6.07) is 10.4. The summed E-state index contributed by atoms with van der Waals surface area (Å²) >= 11 is 0. The second-order valence-electron chi connectivity index (χ2n) is 5.72. The standard InChI is InChI=1S/C18H15F3N2O2/c1-22-16(24)15-10-11-5-2-3-8-14(11)23(15)17(25)12-6-4-7-13(9-12)18(19,20)21/h2-9,15H,10H2,1H3,(H,22,24). The third-order valence-electron chi connectivity index (χ3n) is 4.18. The molecule has 3 rings (SSSR count). The van der Waals surface area contributed by atoms with E-state index in [2.05, 4.69) is 5.32 Å². The summed E-state index contributed by atoms with van der Waals surface area (Å²) in [5, 5.41) is 2.50. The first-order valence-corrected chi connectivity index (χ1v) is 7.63. The highest BCUT2D eigenvalue weighted by molar-refractivity contribution is 6.11. The fourth-order valence-electron chi connectivity index (χ4n) is 2.98. The first-order valence-electron chi connectivity index (χ1n) is 7.63. The number of fused-ring (bicyclic) bond motifs is 1. The number of rotatable bonds is 2. The summed E-state index contributed by atoms with van der Waals surface area (Å²) < 4.78 is 38.8. The molecule has 0 spiro atoms. The Morgan fingerprint density at radius 2 is 1.84 bits per heavy atom. The summed E-state index contributed by atoms with van der Waals surface area (Å²) in [6.07, 6.45) is -4.22. The predicted octanol–water partition coefficient (Wildman–Crippen LogP) is 3.02. The van der Waals surface area contributed by atoms with E-state index in [1.54, 1.807) is 24.3 Å². The highest BCUT2D eigenvalue weighted by Crippen LogP contribution is 2.35. The van der Waals surface area contributed by atoms with Crippen molar-refractivity contribution in [1.82, 2.24) is 5.32 Å². The molecule has 7 heteroatoms. The van der Waals surface area contributed by atoms with Gasteiger partial charge >= 0.3 is 6.18 Å². The predicted molar refractivity (Wildman–Crippen MR) is 86.3 cm³/mol. The molecule has 1 aliphatic heterocycles. The van der Waals surface area contributed by atoms with E-state index in [4.69, 9.17) is 0 Å². The molecule has 25 heavy (non-hydrogen) atoms. The SMILES string of the molecule is CNC(=O)C1Cc2ccccc2N1C(=O)c1cccc(C(F)(F)F)c1. The third kappa shape index (κ3) is 3.09. The number of halogens is 3. The molecule has 2 aromatic rings. The molecule has 0 fully saturated rings. The molecule has 2 amide bonds. The lowest BCUT2D eigenvalue weighted by Crippen LogP contribution is -2.47. The molecule has 4 nitrogen and oxygen atoms in total. The number of hydrogen-bond donors (Lipinski definition) is 1. The molecule has 0 bridgehead atoms. The van der Waals surface area contributed by atoms with Crippen molar-refractivity contribution in [3.63, 3.8) is 0 Å². The van der Waals surface area contributed by atoms with Crippen LogP contribution in [0, 0.1) is 0 Å². The van der Waals surface area contributed by atoms with Crippen molar-refractivity contribution in [2.24, 2.45) is 0 Å². The van der Waals surface area contributed by atoms with Crippen LogP contribution in [-0.4, -0.2) is 24.9 Å². The van der Waals surface area contributed by atoms with Gasteiger partial charge in [0, 0.05) is 24.7 Å². The van der Waals surface area contributed by atoms with Crippen LogP contribution < -0.4 is 10.2 Å². The van der Waals surface area contributed by atoms with Crippen molar-refractivity contribution >= 4 is 17.5 Å². The molecule has 0 radical (unpaired) electrons. The number of anilines is 1. The van der Waals surface area contributed by atoms with Gasteiger partial charge in [0.15, 0.2) is 0 Å². The molecule has 1 unspecified atom stereocenters. The van der Waals surface area contributed by atoms with Gasteiger partial charge in [-0.05, 0) is 29.8 Å². The van der Waals surface area contributed by atoms with Crippen LogP contribution in [0.3, 0.4) is 0 Å². The molecule has 0 saturated heterocycles. The minimum atomic E-state index is -4.54. The normalized spacial score (nSPS) is 16.5. The van der Waals surface area contributed by atoms with Crippen molar-refractivity contribution < 1.29 is 22.8 Å². The van der Waals surface area contributed by atoms with Gasteiger partial charge in [0.1, 0.15) is 6.04 Å². The van der Waals surface area contributed by atoms with Crippen LogP contribution >= 0.6 is 0 Å². The quantitative estimate of drug-likeness (QED) is 0.907. The number of nitrogens with zero attached hydrogens (tertiary/aromatic N) is 1. The van der Waals surface area contributed by atoms with Crippen LogP contribution in [0.2, 0.25) is 0 Å². The lowest BCUT2D eigenvalue weighted by molar-refractivity contribution is -0.137. The number of para-hydroxylation sites is 1. The second kappa shape index (κ2) is 6.23. The third-order valence-corrected chi connectivity index (χ3v) is 4.18. The van der Waals surface area contributed by atoms with E-state index in [1.165, 1.54) is 24.1 Å². The van der Waals surface area contributed by atoms with Crippen molar-refractivity contribution in [3.8, 4) is 0 Å². The van der Waals surface area contributed by atoms with E-state index >= 15 is 0 Å². The molecule has 1 atom stereocenters. The number of amides is 2. The Kier molecular flexibility index (Phi) is 4.24. The second-order valence-corrected chi connectivity index (χ2v) is 5.72. The smallest absolute Gasteiger partial charge is 0.357 e. The largest absolute Gasteiger partial charge is 0.416 e. The number of carbonyl (C=O) groups excluding carboxylic acids is 2. The lowest BCUT2D eigenvalue weighted by Gasteiger charge is -2.24. The van der Waals surface area contributed by atoms with Crippen LogP contribution in [0.25, 0.3) is 0 Å². The van der Waals surface area contributed by atoms with E-state index < -0.39 is 23.7 Å². The Bertz CT molecular complexity index is 833. The number of carbonyl (C=O) groups is 2. The van der Waals surface area contributed by atoms with Gasteiger partial charge in [-0.3, -0.25) is 14.5 Å². The van der Waals surface area contributed by atoms with Gasteiger partial charge in [0.25, 0.3) is 5.91 Å². The van der Waals surface area contributed by atoms with E-state index in [9.17, 15) is 22.8 Å². The summed E-state index contributed by atoms with van der Waals surface area (Å²) in [5.41, 5.74) is 0.331. The molecule has 1 aliphatic rings. The highest BCUT2D eigenvalue weighted by Gasteiger charge is 2.39. The topological polar surface area (TPSA) is 49.4 Å². The minimum Gasteiger partial charge on any atom is -0.357 e. The van der Waals surface area contributed by atoms with Crippen LogP contribution in [-0.2, 0) is 17.4 Å². The Hall–Kier alpha value is -2.83. The van der Waals surface area contributed by atoms with Crippen molar-refractivity contribution in [1.29, 1.82) is 0 Å². The number of hydrogen-bond acceptors (Lipinski definition) is 2. The summed E-state index contributed by atoms with van der Waals surface area (Å²) in [6.45, 7) is 0. The van der Waals surface area contributed by atoms with Gasteiger partial charge in [-0.2, -0.15) is 13.2 Å². The molecular weight excluding hydrogens is 333 g/mol. The van der Waals surface area contributed by atoms with Gasteiger partial charge in [-0.25, -0.2) is 0 Å².